The van der Waals surface area contributed by atoms with Crippen LogP contribution in [0.15, 0.2) is 54.6 Å². The third-order valence-corrected chi connectivity index (χ3v) is 6.25. The molecule has 1 N–H and O–H groups in total. The Hall–Kier alpha value is -3.11. The van der Waals surface area contributed by atoms with Crippen molar-refractivity contribution in [1.29, 1.82) is 0 Å². The van der Waals surface area contributed by atoms with Gasteiger partial charge in [-0.2, -0.15) is 0 Å². The van der Waals surface area contributed by atoms with E-state index in [0.717, 1.165) is 16.9 Å². The summed E-state index contributed by atoms with van der Waals surface area (Å²) in [4.78, 5) is 13.1. The maximum absolute atomic E-state index is 11.1. The lowest BCUT2D eigenvalue weighted by Crippen LogP contribution is -2.46. The van der Waals surface area contributed by atoms with Crippen LogP contribution >= 0.6 is 23.2 Å². The zero-order valence-corrected chi connectivity index (χ0v) is 20.1. The Labute approximate surface area is 208 Å². The number of aromatic nitrogens is 2. The third kappa shape index (κ3) is 6.27. The summed E-state index contributed by atoms with van der Waals surface area (Å²) in [5, 5.41) is 20.8. The van der Waals surface area contributed by atoms with Crippen LogP contribution in [0.3, 0.4) is 0 Å². The molecule has 3 aromatic rings. The van der Waals surface area contributed by atoms with Crippen molar-refractivity contribution in [3.63, 3.8) is 0 Å². The van der Waals surface area contributed by atoms with Gasteiger partial charge in [-0.1, -0.05) is 29.1 Å². The van der Waals surface area contributed by atoms with E-state index < -0.39 is 5.60 Å². The van der Waals surface area contributed by atoms with Crippen molar-refractivity contribution >= 4 is 35.0 Å². The molecular formula is C26H23Cl2N3O3. The van der Waals surface area contributed by atoms with E-state index in [9.17, 15) is 9.90 Å². The Balaban J connectivity index is 1.35. The summed E-state index contributed by atoms with van der Waals surface area (Å²) in [5.74, 6) is 6.88. The first-order valence-electron chi connectivity index (χ1n) is 10.9. The first-order chi connectivity index (χ1) is 16.3. The highest BCUT2D eigenvalue weighted by Crippen LogP contribution is 2.31. The van der Waals surface area contributed by atoms with Crippen LogP contribution in [0.2, 0.25) is 10.0 Å². The molecule has 8 heteroatoms. The van der Waals surface area contributed by atoms with Crippen LogP contribution in [-0.2, 0) is 11.2 Å². The smallest absolute Gasteiger partial charge is 0.308 e. The van der Waals surface area contributed by atoms with E-state index in [2.05, 4.69) is 26.9 Å². The maximum Gasteiger partial charge on any atom is 0.308 e. The van der Waals surface area contributed by atoms with E-state index in [1.165, 1.54) is 6.92 Å². The van der Waals surface area contributed by atoms with Crippen LogP contribution < -0.4 is 9.64 Å². The van der Waals surface area contributed by atoms with Gasteiger partial charge in [-0.15, -0.1) is 10.2 Å². The molecule has 0 radical (unpaired) electrons. The van der Waals surface area contributed by atoms with Gasteiger partial charge in [0.1, 0.15) is 11.4 Å². The number of hydrogen-bond acceptors (Lipinski definition) is 6. The number of anilines is 1. The molecule has 1 fully saturated rings. The summed E-state index contributed by atoms with van der Waals surface area (Å²) in [7, 11) is 0. The first-order valence-corrected chi connectivity index (χ1v) is 11.6. The van der Waals surface area contributed by atoms with Crippen LogP contribution in [-0.4, -0.2) is 40.0 Å². The van der Waals surface area contributed by atoms with Crippen molar-refractivity contribution in [2.24, 2.45) is 0 Å². The molecule has 1 aliphatic rings. The number of carbonyl (C=O) groups is 1. The van der Waals surface area contributed by atoms with Crippen LogP contribution in [0.4, 0.5) is 5.82 Å². The molecule has 2 heterocycles. The number of halogens is 2. The summed E-state index contributed by atoms with van der Waals surface area (Å²) in [6, 6.07) is 16.0. The van der Waals surface area contributed by atoms with Crippen molar-refractivity contribution < 1.29 is 14.6 Å². The summed E-state index contributed by atoms with van der Waals surface area (Å²) < 4.78 is 5.01. The molecule has 34 heavy (non-hydrogen) atoms. The number of piperidine rings is 1. The molecular weight excluding hydrogens is 473 g/mol. The maximum atomic E-state index is 11.1. The number of carbonyl (C=O) groups excluding carboxylic acids is 1. The lowest BCUT2D eigenvalue weighted by Gasteiger charge is -2.38. The average Bonchev–Trinajstić information content (AvgIpc) is 2.81. The standard InChI is InChI=1S/C26H23Cl2N3O3/c1-18(32)34-23-8-3-19(4-9-23)2-6-22-7-11-25(30-29-22)31-14-12-26(33,13-15-31)17-20-16-21(27)5-10-24(20)28/h3-5,7-11,16,33H,12-15,17H2,1H3. The number of hydrogen-bond donors (Lipinski definition) is 1. The normalized spacial score (nSPS) is 14.8. The van der Waals surface area contributed by atoms with Gasteiger partial charge in [-0.25, -0.2) is 0 Å². The van der Waals surface area contributed by atoms with Crippen molar-refractivity contribution in [3.8, 4) is 17.6 Å². The molecule has 6 nitrogen and oxygen atoms in total. The van der Waals surface area contributed by atoms with E-state index in [1.54, 1.807) is 36.4 Å². The van der Waals surface area contributed by atoms with Gasteiger partial charge in [-0.05, 0) is 78.9 Å². The zero-order chi connectivity index (χ0) is 24.1. The highest BCUT2D eigenvalue weighted by molar-refractivity contribution is 6.33. The van der Waals surface area contributed by atoms with Crippen molar-refractivity contribution in [3.05, 3.63) is 81.5 Å². The number of ether oxygens (including phenoxy) is 1. The number of esters is 1. The summed E-state index contributed by atoms with van der Waals surface area (Å²) in [5.41, 5.74) is 1.34. The SMILES string of the molecule is CC(=O)Oc1ccc(C#Cc2ccc(N3CCC(O)(Cc4cc(Cl)ccc4Cl)CC3)nn2)cc1. The fourth-order valence-corrected chi connectivity index (χ4v) is 4.21. The Morgan fingerprint density at radius 1 is 1.06 bits per heavy atom. The van der Waals surface area contributed by atoms with Gasteiger partial charge < -0.3 is 14.7 Å². The van der Waals surface area contributed by atoms with Gasteiger partial charge in [0, 0.05) is 42.0 Å². The third-order valence-electron chi connectivity index (χ3n) is 5.65. The largest absolute Gasteiger partial charge is 0.427 e. The first kappa shape index (κ1) is 24.0. The Bertz CT molecular complexity index is 1230. The van der Waals surface area contributed by atoms with Crippen LogP contribution in [0.1, 0.15) is 36.6 Å². The predicted octanol–water partition coefficient (Wildman–Crippen LogP) is 4.68. The molecule has 2 aromatic carbocycles. The van der Waals surface area contributed by atoms with Crippen LogP contribution in [0, 0.1) is 11.8 Å². The second-order valence-electron chi connectivity index (χ2n) is 8.27. The number of rotatable bonds is 4. The second kappa shape index (κ2) is 10.4. The molecule has 1 aliphatic heterocycles. The molecule has 0 unspecified atom stereocenters. The van der Waals surface area contributed by atoms with E-state index >= 15 is 0 Å². The molecule has 0 spiro atoms. The van der Waals surface area contributed by atoms with Crippen molar-refractivity contribution in [2.45, 2.75) is 31.8 Å². The van der Waals surface area contributed by atoms with Gasteiger partial charge in [0.15, 0.2) is 5.82 Å². The lowest BCUT2D eigenvalue weighted by atomic mass is 9.85. The molecule has 0 aliphatic carbocycles. The summed E-state index contributed by atoms with van der Waals surface area (Å²) in [6.45, 7) is 2.67. The fraction of sp³-hybridized carbons (Fsp3) is 0.269. The molecule has 174 valence electrons. The van der Waals surface area contributed by atoms with E-state index in [1.807, 2.05) is 18.2 Å². The average molecular weight is 496 g/mol. The Morgan fingerprint density at radius 3 is 2.44 bits per heavy atom. The number of nitrogens with zero attached hydrogens (tertiary/aromatic N) is 3. The molecule has 0 amide bonds. The highest BCUT2D eigenvalue weighted by atomic mass is 35.5. The fourth-order valence-electron chi connectivity index (χ4n) is 3.83. The van der Waals surface area contributed by atoms with Gasteiger partial charge in [0.2, 0.25) is 0 Å². The van der Waals surface area contributed by atoms with Crippen molar-refractivity contribution in [1.82, 2.24) is 10.2 Å². The van der Waals surface area contributed by atoms with Crippen molar-refractivity contribution in [2.75, 3.05) is 18.0 Å². The van der Waals surface area contributed by atoms with E-state index in [-0.39, 0.29) is 5.97 Å². The lowest BCUT2D eigenvalue weighted by molar-refractivity contribution is -0.131. The molecule has 1 aromatic heterocycles. The highest BCUT2D eigenvalue weighted by Gasteiger charge is 2.33. The van der Waals surface area contributed by atoms with Gasteiger partial charge in [0.05, 0.1) is 5.60 Å². The number of aliphatic hydroxyl groups is 1. The second-order valence-corrected chi connectivity index (χ2v) is 9.11. The topological polar surface area (TPSA) is 75.5 Å². The summed E-state index contributed by atoms with van der Waals surface area (Å²) in [6.07, 6.45) is 1.63. The van der Waals surface area contributed by atoms with Crippen LogP contribution in [0.5, 0.6) is 5.75 Å². The van der Waals surface area contributed by atoms with Crippen LogP contribution in [0.25, 0.3) is 0 Å². The minimum Gasteiger partial charge on any atom is -0.427 e. The molecule has 0 atom stereocenters. The molecule has 4 rings (SSSR count). The Morgan fingerprint density at radius 2 is 1.79 bits per heavy atom. The van der Waals surface area contributed by atoms with Gasteiger partial charge in [0.25, 0.3) is 0 Å². The molecule has 0 bridgehead atoms. The molecule has 1 saturated heterocycles. The van der Waals surface area contributed by atoms with Gasteiger partial charge >= 0.3 is 5.97 Å². The van der Waals surface area contributed by atoms with Gasteiger partial charge in [-0.3, -0.25) is 4.79 Å². The predicted molar refractivity (Wildman–Crippen MR) is 132 cm³/mol. The zero-order valence-electron chi connectivity index (χ0n) is 18.6. The molecule has 0 saturated carbocycles. The number of benzene rings is 2. The quantitative estimate of drug-likeness (QED) is 0.321. The monoisotopic (exact) mass is 495 g/mol. The summed E-state index contributed by atoms with van der Waals surface area (Å²) >= 11 is 12.4. The minimum absolute atomic E-state index is 0.363. The minimum atomic E-state index is -0.839. The van der Waals surface area contributed by atoms with E-state index in [0.29, 0.717) is 53.8 Å². The van der Waals surface area contributed by atoms with E-state index in [4.69, 9.17) is 27.9 Å². The Kier molecular flexibility index (Phi) is 7.38.